The molecule has 0 aromatic heterocycles. The highest BCUT2D eigenvalue weighted by Gasteiger charge is 2.18. The van der Waals surface area contributed by atoms with Crippen LogP contribution in [0, 0.1) is 11.8 Å². The molecule has 0 fully saturated rings. The van der Waals surface area contributed by atoms with Gasteiger partial charge in [-0.2, -0.15) is 17.6 Å². The Kier molecular flexibility index (Phi) is 10.2. The third-order valence-electron chi connectivity index (χ3n) is 4.79. The molecule has 4 aromatic carbocycles. The fourth-order valence-corrected chi connectivity index (χ4v) is 3.02. The first kappa shape index (κ1) is 27.7. The zero-order valence-corrected chi connectivity index (χ0v) is 19.7. The van der Waals surface area contributed by atoms with Crippen LogP contribution in [0.4, 0.5) is 17.6 Å². The lowest BCUT2D eigenvalue weighted by molar-refractivity contribution is -0.0505. The van der Waals surface area contributed by atoms with Crippen LogP contribution in [-0.4, -0.2) is 24.8 Å². The van der Waals surface area contributed by atoms with Crippen molar-refractivity contribution in [1.29, 1.82) is 0 Å². The average molecular weight is 520 g/mol. The molecule has 0 heterocycles. The van der Waals surface area contributed by atoms with Crippen LogP contribution in [-0.2, 0) is 0 Å². The molecule has 0 N–H and O–H groups in total. The molecule has 0 aliphatic carbocycles. The summed E-state index contributed by atoms with van der Waals surface area (Å²) in [7, 11) is 0. The number of benzene rings is 4. The summed E-state index contributed by atoms with van der Waals surface area (Å²) in [5.41, 5.74) is 2.07. The summed E-state index contributed by atoms with van der Waals surface area (Å²) in [6.45, 7) is -5.73. The number of rotatable bonds is 7. The van der Waals surface area contributed by atoms with Crippen LogP contribution in [0.25, 0.3) is 0 Å². The molecule has 0 atom stereocenters. The minimum atomic E-state index is -2.93. The van der Waals surface area contributed by atoms with Crippen molar-refractivity contribution in [2.24, 2.45) is 0 Å². The normalized spacial score (nSPS) is 10.1. The van der Waals surface area contributed by atoms with E-state index >= 15 is 0 Å². The van der Waals surface area contributed by atoms with E-state index in [1.165, 1.54) is 48.5 Å². The number of ether oxygens (including phenoxy) is 2. The van der Waals surface area contributed by atoms with Gasteiger partial charge in [0.15, 0.2) is 0 Å². The van der Waals surface area contributed by atoms with Gasteiger partial charge in [-0.25, -0.2) is 0 Å². The number of halogens is 4. The highest BCUT2D eigenvalue weighted by Crippen LogP contribution is 2.17. The Bertz CT molecular complexity index is 1380. The van der Waals surface area contributed by atoms with Gasteiger partial charge in [0.25, 0.3) is 0 Å². The maximum absolute atomic E-state index is 12.0. The minimum absolute atomic E-state index is 0.0660. The molecule has 8 heteroatoms. The monoisotopic (exact) mass is 520 g/mol. The van der Waals surface area contributed by atoms with Gasteiger partial charge in [0.2, 0.25) is 11.6 Å². The molecular formula is C30H20F4O4. The number of carbonyl (C=O) groups is 2. The number of hydrogen-bond donors (Lipinski definition) is 0. The van der Waals surface area contributed by atoms with Gasteiger partial charge in [0.1, 0.15) is 11.5 Å². The third-order valence-corrected chi connectivity index (χ3v) is 4.79. The van der Waals surface area contributed by atoms with Crippen molar-refractivity contribution >= 4 is 11.6 Å². The van der Waals surface area contributed by atoms with Crippen LogP contribution in [0.3, 0.4) is 0 Å². The number of carbonyl (C=O) groups excluding carboxylic acids is 2. The van der Waals surface area contributed by atoms with Crippen LogP contribution in [0.5, 0.6) is 11.5 Å². The lowest BCUT2D eigenvalue weighted by atomic mass is 10.0. The summed E-state index contributed by atoms with van der Waals surface area (Å²) < 4.78 is 56.3. The molecule has 0 saturated carbocycles. The Labute approximate surface area is 216 Å². The summed E-state index contributed by atoms with van der Waals surface area (Å²) >= 11 is 0. The first-order valence-electron chi connectivity index (χ1n) is 11.1. The number of alkyl halides is 4. The fourth-order valence-electron chi connectivity index (χ4n) is 3.02. The second-order valence-corrected chi connectivity index (χ2v) is 7.45. The Morgan fingerprint density at radius 1 is 0.500 bits per heavy atom. The largest absolute Gasteiger partial charge is 0.435 e. The molecule has 0 unspecified atom stereocenters. The summed E-state index contributed by atoms with van der Waals surface area (Å²) in [6.07, 6.45) is 0. The van der Waals surface area contributed by atoms with Crippen molar-refractivity contribution in [1.82, 2.24) is 0 Å². The molecule has 0 aliphatic rings. The molecule has 0 amide bonds. The minimum Gasteiger partial charge on any atom is -0.435 e. The SMILES string of the molecule is FC(F)Oc1ccc(C#Cc2ccccc2)cc1.O=C(C(=O)c1ccc(OC(F)F)cc1)c1ccccc1. The molecule has 38 heavy (non-hydrogen) atoms. The molecule has 0 spiro atoms. The van der Waals surface area contributed by atoms with Crippen LogP contribution in [0.15, 0.2) is 109 Å². The van der Waals surface area contributed by atoms with Crippen molar-refractivity contribution < 1.29 is 36.6 Å². The van der Waals surface area contributed by atoms with E-state index in [4.69, 9.17) is 0 Å². The van der Waals surface area contributed by atoms with E-state index in [1.54, 1.807) is 30.3 Å². The van der Waals surface area contributed by atoms with Crippen molar-refractivity contribution in [3.05, 3.63) is 131 Å². The van der Waals surface area contributed by atoms with E-state index in [0.717, 1.165) is 11.1 Å². The highest BCUT2D eigenvalue weighted by atomic mass is 19.3. The van der Waals surface area contributed by atoms with E-state index < -0.39 is 24.8 Å². The van der Waals surface area contributed by atoms with Gasteiger partial charge in [-0.15, -0.1) is 0 Å². The Morgan fingerprint density at radius 3 is 1.32 bits per heavy atom. The van der Waals surface area contributed by atoms with E-state index in [9.17, 15) is 27.2 Å². The maximum atomic E-state index is 12.0. The Morgan fingerprint density at radius 2 is 0.868 bits per heavy atom. The van der Waals surface area contributed by atoms with Gasteiger partial charge in [-0.1, -0.05) is 60.4 Å². The molecular weight excluding hydrogens is 500 g/mol. The predicted octanol–water partition coefficient (Wildman–Crippen LogP) is 7.04. The van der Waals surface area contributed by atoms with Crippen molar-refractivity contribution in [3.63, 3.8) is 0 Å². The van der Waals surface area contributed by atoms with Crippen molar-refractivity contribution in [2.75, 3.05) is 0 Å². The zero-order valence-electron chi connectivity index (χ0n) is 19.7. The first-order chi connectivity index (χ1) is 18.3. The van der Waals surface area contributed by atoms with E-state index in [0.29, 0.717) is 0 Å². The molecule has 0 saturated heterocycles. The molecule has 4 rings (SSSR count). The predicted molar refractivity (Wildman–Crippen MR) is 134 cm³/mol. The van der Waals surface area contributed by atoms with E-state index in [-0.39, 0.29) is 22.6 Å². The van der Waals surface area contributed by atoms with Crippen LogP contribution >= 0.6 is 0 Å². The molecule has 0 aliphatic heterocycles. The summed E-state index contributed by atoms with van der Waals surface area (Å²) in [4.78, 5) is 23.8. The van der Waals surface area contributed by atoms with Gasteiger partial charge in [0, 0.05) is 22.3 Å². The van der Waals surface area contributed by atoms with Gasteiger partial charge in [0.05, 0.1) is 0 Å². The van der Waals surface area contributed by atoms with Gasteiger partial charge in [-0.3, -0.25) is 9.59 Å². The first-order valence-corrected chi connectivity index (χ1v) is 11.1. The molecule has 0 radical (unpaired) electrons. The highest BCUT2D eigenvalue weighted by molar-refractivity contribution is 6.49. The topological polar surface area (TPSA) is 52.6 Å². The van der Waals surface area contributed by atoms with Crippen LogP contribution in [0.2, 0.25) is 0 Å². The molecule has 4 aromatic rings. The zero-order chi connectivity index (χ0) is 27.3. The molecule has 4 nitrogen and oxygen atoms in total. The quantitative estimate of drug-likeness (QED) is 0.114. The number of hydrogen-bond acceptors (Lipinski definition) is 4. The average Bonchev–Trinajstić information content (AvgIpc) is 2.93. The van der Waals surface area contributed by atoms with Crippen molar-refractivity contribution in [2.45, 2.75) is 13.2 Å². The van der Waals surface area contributed by atoms with Crippen LogP contribution < -0.4 is 9.47 Å². The lowest BCUT2D eigenvalue weighted by Crippen LogP contribution is -2.14. The summed E-state index contributed by atoms with van der Waals surface area (Å²) in [6, 6.07) is 28.9. The molecule has 192 valence electrons. The maximum Gasteiger partial charge on any atom is 0.387 e. The summed E-state index contributed by atoms with van der Waals surface area (Å²) in [5, 5.41) is 0. The third kappa shape index (κ3) is 8.95. The number of Topliss-reactive ketones (excluding diaryl/α,β-unsaturated/α-hetero) is 2. The Hall–Kier alpha value is -4.90. The molecule has 0 bridgehead atoms. The van der Waals surface area contributed by atoms with Gasteiger partial charge in [-0.05, 0) is 60.7 Å². The number of ketones is 2. The van der Waals surface area contributed by atoms with E-state index in [1.807, 2.05) is 30.3 Å². The lowest BCUT2D eigenvalue weighted by Gasteiger charge is -2.05. The van der Waals surface area contributed by atoms with Crippen molar-refractivity contribution in [3.8, 4) is 23.3 Å². The summed E-state index contributed by atoms with van der Waals surface area (Å²) in [5.74, 6) is 4.66. The van der Waals surface area contributed by atoms with Gasteiger partial charge >= 0.3 is 13.2 Å². The second kappa shape index (κ2) is 14.0. The smallest absolute Gasteiger partial charge is 0.387 e. The Balaban J connectivity index is 0.000000212. The standard InChI is InChI=1S/C15H10F2O3.C15H10F2O/c16-15(17)20-12-8-6-11(7-9-12)14(19)13(18)10-4-2-1-3-5-10;16-15(17)18-14-10-8-13(9-11-14)7-6-12-4-2-1-3-5-12/h1-9,15H;1-5,8-11,15H. The fraction of sp³-hybridized carbons (Fsp3) is 0.0667. The second-order valence-electron chi connectivity index (χ2n) is 7.45. The van der Waals surface area contributed by atoms with Gasteiger partial charge < -0.3 is 9.47 Å². The van der Waals surface area contributed by atoms with Crippen LogP contribution in [0.1, 0.15) is 31.8 Å². The van der Waals surface area contributed by atoms with E-state index in [2.05, 4.69) is 21.3 Å².